The standard InChI is InChI=1S/C35H40FN7O8.2H2/c1-21(37-35(47)51-6)32(44)40-15-17-41(18-16-40)43-31(39-28-13-11-25(48-3)19-27(28)33(43)45)22(2)42(29-14-12-26(49-4)20-30(29)50-5)34(46)38-24-9-7-23(36)8-10-24;;/h7-14,19-22H,15-18H2,1-6H3,(H,37,47)(H,38,46);2*1H/t21-,22?;;/m0../s1. The summed E-state index contributed by atoms with van der Waals surface area (Å²) in [5.74, 6) is 0.687. The molecule has 0 bridgehead atoms. The van der Waals surface area contributed by atoms with Crippen molar-refractivity contribution in [2.45, 2.75) is 25.9 Å². The SMILES string of the molecule is COC(=O)N[C@@H](C)C(=O)N1CCN(n2c(C(C)N(C(=O)Nc3ccc(F)cc3)c3ccc(OC)cc3OC)nc3ccc(OC)cc3c2=O)CC1.[HH].[HH]. The molecule has 0 radical (unpaired) electrons. The van der Waals surface area contributed by atoms with Gasteiger partial charge < -0.3 is 39.5 Å². The van der Waals surface area contributed by atoms with Crippen LogP contribution >= 0.6 is 0 Å². The zero-order valence-corrected chi connectivity index (χ0v) is 29.1. The Balaban J connectivity index is 0.00000378. The molecule has 1 saturated heterocycles. The Labute approximate surface area is 296 Å². The molecule has 1 fully saturated rings. The topological polar surface area (TPSA) is 157 Å². The zero-order valence-electron chi connectivity index (χ0n) is 29.1. The van der Waals surface area contributed by atoms with Crippen LogP contribution in [0, 0.1) is 5.82 Å². The number of nitrogens with one attached hydrogen (secondary N) is 2. The van der Waals surface area contributed by atoms with Gasteiger partial charge in [0.15, 0.2) is 5.82 Å². The van der Waals surface area contributed by atoms with Crippen molar-refractivity contribution >= 4 is 40.3 Å². The normalized spacial score (nSPS) is 13.9. The van der Waals surface area contributed by atoms with Gasteiger partial charge in [-0.05, 0) is 68.4 Å². The van der Waals surface area contributed by atoms with E-state index in [1.807, 2.05) is 0 Å². The van der Waals surface area contributed by atoms with E-state index in [2.05, 4.69) is 15.4 Å². The van der Waals surface area contributed by atoms with Crippen LogP contribution in [0.15, 0.2) is 65.5 Å². The number of carbonyl (C=O) groups excluding carboxylic acids is 3. The van der Waals surface area contributed by atoms with Crippen LogP contribution < -0.4 is 40.3 Å². The molecule has 15 nitrogen and oxygen atoms in total. The van der Waals surface area contributed by atoms with Crippen molar-refractivity contribution in [1.29, 1.82) is 0 Å². The summed E-state index contributed by atoms with van der Waals surface area (Å²) >= 11 is 0. The predicted octanol–water partition coefficient (Wildman–Crippen LogP) is 4.38. The summed E-state index contributed by atoms with van der Waals surface area (Å²) in [6.07, 6.45) is -0.723. The highest BCUT2D eigenvalue weighted by molar-refractivity contribution is 6.03. The predicted molar refractivity (Wildman–Crippen MR) is 192 cm³/mol. The summed E-state index contributed by atoms with van der Waals surface area (Å²) in [5, 5.41) is 7.35. The van der Waals surface area contributed by atoms with Gasteiger partial charge in [0, 0.05) is 27.7 Å². The molecule has 16 heteroatoms. The van der Waals surface area contributed by atoms with Crippen LogP contribution in [-0.4, -0.2) is 93.3 Å². The lowest BCUT2D eigenvalue weighted by molar-refractivity contribution is -0.133. The molecule has 1 unspecified atom stereocenters. The fraction of sp³-hybridized carbons (Fsp3) is 0.343. The van der Waals surface area contributed by atoms with Crippen molar-refractivity contribution in [1.82, 2.24) is 19.9 Å². The minimum absolute atomic E-state index is 0. The molecule has 1 aliphatic rings. The van der Waals surface area contributed by atoms with Crippen LogP contribution in [0.1, 0.15) is 28.6 Å². The molecule has 0 saturated carbocycles. The van der Waals surface area contributed by atoms with Crippen LogP contribution in [0.3, 0.4) is 0 Å². The largest absolute Gasteiger partial charge is 0.497 e. The third kappa shape index (κ3) is 7.74. The molecule has 5 rings (SSSR count). The van der Waals surface area contributed by atoms with Crippen LogP contribution in [0.4, 0.5) is 25.4 Å². The van der Waals surface area contributed by atoms with Gasteiger partial charge in [-0.1, -0.05) is 0 Å². The Kier molecular flexibility index (Phi) is 11.1. The first-order valence-corrected chi connectivity index (χ1v) is 16.1. The van der Waals surface area contributed by atoms with Gasteiger partial charge in [0.05, 0.1) is 64.2 Å². The van der Waals surface area contributed by atoms with E-state index in [9.17, 15) is 23.6 Å². The van der Waals surface area contributed by atoms with E-state index in [1.54, 1.807) is 60.2 Å². The number of halogens is 1. The Bertz CT molecular complexity index is 1980. The van der Waals surface area contributed by atoms with Gasteiger partial charge in [0.2, 0.25) is 5.91 Å². The number of hydrogen-bond donors (Lipinski definition) is 2. The molecule has 4 aromatic rings. The molecule has 2 atom stereocenters. The summed E-state index contributed by atoms with van der Waals surface area (Å²) in [7, 11) is 5.67. The van der Waals surface area contributed by atoms with E-state index in [0.29, 0.717) is 34.1 Å². The fourth-order valence-electron chi connectivity index (χ4n) is 5.84. The number of urea groups is 1. The van der Waals surface area contributed by atoms with Crippen molar-refractivity contribution in [3.05, 3.63) is 82.7 Å². The molecule has 3 aromatic carbocycles. The molecule has 1 aromatic heterocycles. The number of piperazine rings is 1. The van der Waals surface area contributed by atoms with Crippen molar-refractivity contribution in [3.63, 3.8) is 0 Å². The maximum absolute atomic E-state index is 14.4. The number of anilines is 2. The highest BCUT2D eigenvalue weighted by atomic mass is 19.1. The first-order chi connectivity index (χ1) is 24.5. The number of nitrogens with zero attached hydrogens (tertiary/aromatic N) is 5. The molecule has 274 valence electrons. The lowest BCUT2D eigenvalue weighted by Gasteiger charge is -2.39. The van der Waals surface area contributed by atoms with Crippen molar-refractivity contribution in [3.8, 4) is 17.2 Å². The molecule has 0 spiro atoms. The summed E-state index contributed by atoms with van der Waals surface area (Å²) < 4.78 is 36.2. The molecular weight excluding hydrogens is 665 g/mol. The number of benzene rings is 3. The van der Waals surface area contributed by atoms with E-state index in [4.69, 9.17) is 19.2 Å². The van der Waals surface area contributed by atoms with E-state index >= 15 is 0 Å². The second-order valence-electron chi connectivity index (χ2n) is 11.6. The minimum Gasteiger partial charge on any atom is -0.497 e. The highest BCUT2D eigenvalue weighted by Crippen LogP contribution is 2.37. The number of methoxy groups -OCH3 is 4. The van der Waals surface area contributed by atoms with Crippen molar-refractivity contribution in [2.24, 2.45) is 0 Å². The van der Waals surface area contributed by atoms with Crippen LogP contribution in [0.25, 0.3) is 10.9 Å². The van der Waals surface area contributed by atoms with Gasteiger partial charge in [-0.25, -0.2) is 23.6 Å². The molecule has 2 N–H and O–H groups in total. The van der Waals surface area contributed by atoms with E-state index in [1.165, 1.54) is 62.3 Å². The lowest BCUT2D eigenvalue weighted by Crippen LogP contribution is -2.59. The Morgan fingerprint density at radius 1 is 0.882 bits per heavy atom. The average Bonchev–Trinajstić information content (AvgIpc) is 3.15. The summed E-state index contributed by atoms with van der Waals surface area (Å²) in [6.45, 7) is 4.19. The molecule has 51 heavy (non-hydrogen) atoms. The molecule has 0 aliphatic carbocycles. The summed E-state index contributed by atoms with van der Waals surface area (Å²) in [4.78, 5) is 61.4. The van der Waals surface area contributed by atoms with Crippen LogP contribution in [-0.2, 0) is 9.53 Å². The molecule has 2 heterocycles. The summed E-state index contributed by atoms with van der Waals surface area (Å²) in [5.41, 5.74) is 0.625. The van der Waals surface area contributed by atoms with E-state index < -0.39 is 35.6 Å². The monoisotopic (exact) mass is 709 g/mol. The van der Waals surface area contributed by atoms with E-state index in [-0.39, 0.29) is 46.2 Å². The maximum atomic E-state index is 14.4. The quantitative estimate of drug-likeness (QED) is 0.242. The van der Waals surface area contributed by atoms with Gasteiger partial charge in [0.1, 0.15) is 29.1 Å². The highest BCUT2D eigenvalue weighted by Gasteiger charge is 2.33. The number of carbonyl (C=O) groups is 3. The number of aromatic nitrogens is 2. The number of alkyl carbamates (subject to hydrolysis) is 1. The Hall–Kier alpha value is -6.06. The first-order valence-electron chi connectivity index (χ1n) is 16.1. The summed E-state index contributed by atoms with van der Waals surface area (Å²) in [6, 6.07) is 12.9. The second-order valence-corrected chi connectivity index (χ2v) is 11.6. The van der Waals surface area contributed by atoms with Crippen molar-refractivity contribution in [2.75, 3.05) is 69.8 Å². The molecule has 1 aliphatic heterocycles. The minimum atomic E-state index is -0.920. The number of rotatable bonds is 10. The van der Waals surface area contributed by atoms with Crippen molar-refractivity contribution < 1.29 is 40.6 Å². The van der Waals surface area contributed by atoms with Gasteiger partial charge >= 0.3 is 12.1 Å². The van der Waals surface area contributed by atoms with Crippen LogP contribution in [0.5, 0.6) is 17.2 Å². The Morgan fingerprint density at radius 3 is 2.16 bits per heavy atom. The number of ether oxygens (including phenoxy) is 4. The number of hydrogen-bond acceptors (Lipinski definition) is 10. The number of fused-ring (bicyclic) bond motifs is 1. The third-order valence-corrected chi connectivity index (χ3v) is 8.54. The average molecular weight is 710 g/mol. The fourth-order valence-corrected chi connectivity index (χ4v) is 5.84. The second kappa shape index (κ2) is 15.7. The smallest absolute Gasteiger partial charge is 0.407 e. The third-order valence-electron chi connectivity index (χ3n) is 8.54. The lowest BCUT2D eigenvalue weighted by atomic mass is 10.1. The van der Waals surface area contributed by atoms with Gasteiger partial charge in [0.25, 0.3) is 5.56 Å². The zero-order chi connectivity index (χ0) is 36.8. The number of amides is 4. The molecular formula is C35H44FN7O8. The first kappa shape index (κ1) is 36.2. The maximum Gasteiger partial charge on any atom is 0.407 e. The molecule has 4 amide bonds. The van der Waals surface area contributed by atoms with Gasteiger partial charge in [-0.3, -0.25) is 14.5 Å². The van der Waals surface area contributed by atoms with Crippen LogP contribution in [0.2, 0.25) is 0 Å². The van der Waals surface area contributed by atoms with E-state index in [0.717, 1.165) is 0 Å². The van der Waals surface area contributed by atoms with Gasteiger partial charge in [-0.2, -0.15) is 0 Å². The Morgan fingerprint density at radius 2 is 1.53 bits per heavy atom. The van der Waals surface area contributed by atoms with Gasteiger partial charge in [-0.15, -0.1) is 0 Å².